The van der Waals surface area contributed by atoms with E-state index in [2.05, 4.69) is 9.80 Å². The Kier molecular flexibility index (Phi) is 7.53. The number of carbonyl (C=O) groups is 2. The second-order valence-electron chi connectivity index (χ2n) is 13.4. The summed E-state index contributed by atoms with van der Waals surface area (Å²) in [6.45, 7) is 2.65. The topological polar surface area (TPSA) is 71.6 Å². The molecule has 1 saturated carbocycles. The Bertz CT molecular complexity index is 1750. The number of halogens is 4. The number of morpholine rings is 1. The van der Waals surface area contributed by atoms with Crippen LogP contribution in [0.4, 0.5) is 20.2 Å². The number of rotatable bonds is 5. The molecular weight excluding hydrogens is 651 g/mol. The number of ether oxygens (including phenoxy) is 3. The van der Waals surface area contributed by atoms with E-state index in [0.717, 1.165) is 31.6 Å². The zero-order chi connectivity index (χ0) is 32.6. The van der Waals surface area contributed by atoms with Gasteiger partial charge in [0.2, 0.25) is 0 Å². The van der Waals surface area contributed by atoms with Crippen LogP contribution in [0, 0.1) is 11.2 Å². The fraction of sp³-hybridized carbons (Fsp3) is 0.429. The maximum Gasteiger partial charge on any atom is 0.340 e. The van der Waals surface area contributed by atoms with Gasteiger partial charge in [0.25, 0.3) is 5.91 Å². The number of nitrogens with zero attached hydrogens (tertiary/aromatic N) is 3. The summed E-state index contributed by atoms with van der Waals surface area (Å²) in [6, 6.07) is 12.0. The second-order valence-corrected chi connectivity index (χ2v) is 14.2. The minimum atomic E-state index is -0.717. The molecule has 4 fully saturated rings. The Labute approximate surface area is 281 Å². The average molecular weight is 685 g/mol. The maximum absolute atomic E-state index is 15.9. The van der Waals surface area contributed by atoms with Crippen LogP contribution in [-0.4, -0.2) is 75.2 Å². The molecule has 1 aliphatic carbocycles. The van der Waals surface area contributed by atoms with Crippen molar-refractivity contribution in [3.05, 3.63) is 75.0 Å². The van der Waals surface area contributed by atoms with E-state index in [1.54, 1.807) is 30.3 Å². The summed E-state index contributed by atoms with van der Waals surface area (Å²) in [5.41, 5.74) is 3.29. The van der Waals surface area contributed by atoms with E-state index >= 15 is 4.39 Å². The van der Waals surface area contributed by atoms with Gasteiger partial charge in [-0.25, -0.2) is 13.6 Å². The molecule has 2 bridgehead atoms. The average Bonchev–Trinajstić information content (AvgIpc) is 3.27. The highest BCUT2D eigenvalue weighted by Gasteiger charge is 2.53. The molecule has 0 radical (unpaired) electrons. The van der Waals surface area contributed by atoms with Gasteiger partial charge in [0.15, 0.2) is 6.73 Å². The first-order valence-corrected chi connectivity index (χ1v) is 16.6. The van der Waals surface area contributed by atoms with Crippen molar-refractivity contribution in [1.29, 1.82) is 0 Å². The monoisotopic (exact) mass is 683 g/mol. The van der Waals surface area contributed by atoms with Crippen LogP contribution in [-0.2, 0) is 16.0 Å². The zero-order valence-corrected chi connectivity index (χ0v) is 27.3. The van der Waals surface area contributed by atoms with E-state index in [0.29, 0.717) is 48.6 Å². The van der Waals surface area contributed by atoms with Crippen molar-refractivity contribution in [2.45, 2.75) is 50.5 Å². The number of carbonyl (C=O) groups excluding carboxylic acids is 2. The largest absolute Gasteiger partial charge is 0.472 e. The standard InChI is InChI=1S/C35H33Cl2F2N3O5/c1-45-34(44)26-9-29(39)25(10-30(26)42-21-5-6-22(42)15-46-14-21)24-4-2-3-19-13-40(18-47-32(19)24)33(43)31-27(36)7-23(8-28(31)37)41-16-35(17-41)11-20(38)12-35/h2-4,7-10,20-22H,5-6,11-18H2,1H3. The van der Waals surface area contributed by atoms with Crippen molar-refractivity contribution >= 4 is 46.5 Å². The van der Waals surface area contributed by atoms with Gasteiger partial charge in [-0.05, 0) is 49.9 Å². The van der Waals surface area contributed by atoms with Crippen LogP contribution in [0.25, 0.3) is 11.1 Å². The van der Waals surface area contributed by atoms with Crippen LogP contribution in [0.2, 0.25) is 10.0 Å². The quantitative estimate of drug-likeness (QED) is 0.272. The fourth-order valence-electron chi connectivity index (χ4n) is 8.08. The normalized spacial score (nSPS) is 22.8. The summed E-state index contributed by atoms with van der Waals surface area (Å²) < 4.78 is 46.2. The number of anilines is 2. The number of hydrogen-bond acceptors (Lipinski definition) is 7. The van der Waals surface area contributed by atoms with Gasteiger partial charge in [-0.3, -0.25) is 4.79 Å². The Hall–Kier alpha value is -3.60. The van der Waals surface area contributed by atoms with Gasteiger partial charge in [0, 0.05) is 40.9 Å². The molecule has 4 heterocycles. The van der Waals surface area contributed by atoms with E-state index in [-0.39, 0.29) is 63.4 Å². The molecule has 2 unspecified atom stereocenters. The number of para-hydroxylation sites is 1. The molecular formula is C35H33Cl2F2N3O5. The molecule has 4 aliphatic heterocycles. The van der Waals surface area contributed by atoms with Crippen LogP contribution >= 0.6 is 23.2 Å². The zero-order valence-electron chi connectivity index (χ0n) is 25.7. The van der Waals surface area contributed by atoms with Gasteiger partial charge in [-0.15, -0.1) is 0 Å². The molecule has 47 heavy (non-hydrogen) atoms. The van der Waals surface area contributed by atoms with E-state index < -0.39 is 18.0 Å². The number of benzene rings is 3. The van der Waals surface area contributed by atoms with Crippen molar-refractivity contribution in [2.24, 2.45) is 5.41 Å². The first-order chi connectivity index (χ1) is 22.6. The summed E-state index contributed by atoms with van der Waals surface area (Å²) in [5, 5.41) is 0.458. The second kappa shape index (κ2) is 11.5. The van der Waals surface area contributed by atoms with Crippen LogP contribution in [0.15, 0.2) is 42.5 Å². The third-order valence-corrected chi connectivity index (χ3v) is 11.0. The van der Waals surface area contributed by atoms with Crippen molar-refractivity contribution < 1.29 is 32.6 Å². The predicted molar refractivity (Wildman–Crippen MR) is 174 cm³/mol. The summed E-state index contributed by atoms with van der Waals surface area (Å²) in [6.07, 6.45) is 2.29. The van der Waals surface area contributed by atoms with Gasteiger partial charge in [0.05, 0.1) is 65.8 Å². The lowest BCUT2D eigenvalue weighted by Crippen LogP contribution is -2.63. The van der Waals surface area contributed by atoms with Crippen LogP contribution < -0.4 is 14.5 Å². The summed E-state index contributed by atoms with van der Waals surface area (Å²) in [5.74, 6) is -1.12. The smallest absolute Gasteiger partial charge is 0.340 e. The number of fused-ring (bicyclic) bond motifs is 3. The summed E-state index contributed by atoms with van der Waals surface area (Å²) in [4.78, 5) is 32.3. The number of methoxy groups -OCH3 is 1. The first-order valence-electron chi connectivity index (χ1n) is 15.8. The lowest BCUT2D eigenvalue weighted by atomic mass is 9.62. The van der Waals surface area contributed by atoms with Crippen LogP contribution in [0.5, 0.6) is 5.75 Å². The molecule has 12 heteroatoms. The third kappa shape index (κ3) is 5.11. The molecule has 1 spiro atoms. The first kappa shape index (κ1) is 30.7. The molecule has 2 atom stereocenters. The lowest BCUT2D eigenvalue weighted by molar-refractivity contribution is 0.000842. The summed E-state index contributed by atoms with van der Waals surface area (Å²) >= 11 is 13.3. The van der Waals surface area contributed by atoms with Crippen molar-refractivity contribution in [3.63, 3.8) is 0 Å². The van der Waals surface area contributed by atoms with E-state index in [4.69, 9.17) is 37.4 Å². The predicted octanol–water partition coefficient (Wildman–Crippen LogP) is 6.88. The van der Waals surface area contributed by atoms with Crippen molar-refractivity contribution in [1.82, 2.24) is 4.90 Å². The van der Waals surface area contributed by atoms with Gasteiger partial charge >= 0.3 is 5.97 Å². The SMILES string of the molecule is COC(=O)c1cc(F)c(-c2cccc3c2OCN(C(=O)c2c(Cl)cc(N4CC5(CC(F)C5)C4)cc2Cl)C3)cc1N1C2CCC1COC2. The minimum Gasteiger partial charge on any atom is -0.472 e. The number of amides is 1. The number of alkyl halides is 1. The van der Waals surface area contributed by atoms with Crippen molar-refractivity contribution in [3.8, 4) is 16.9 Å². The van der Waals surface area contributed by atoms with Gasteiger partial charge in [0.1, 0.15) is 17.7 Å². The Balaban J connectivity index is 1.06. The molecule has 8 nitrogen and oxygen atoms in total. The van der Waals surface area contributed by atoms with Crippen molar-refractivity contribution in [2.75, 3.05) is 49.9 Å². The number of esters is 1. The molecule has 3 saturated heterocycles. The molecule has 3 aromatic rings. The molecule has 246 valence electrons. The molecule has 1 amide bonds. The van der Waals surface area contributed by atoms with Crippen LogP contribution in [0.3, 0.4) is 0 Å². The maximum atomic E-state index is 15.9. The lowest BCUT2D eigenvalue weighted by Gasteiger charge is -2.58. The molecule has 0 aromatic heterocycles. The minimum absolute atomic E-state index is 0.0419. The Morgan fingerprint density at radius 1 is 1.00 bits per heavy atom. The molecule has 5 aliphatic rings. The van der Waals surface area contributed by atoms with Crippen LogP contribution in [0.1, 0.15) is 52.0 Å². The molecule has 0 N–H and O–H groups in total. The Morgan fingerprint density at radius 2 is 1.70 bits per heavy atom. The highest BCUT2D eigenvalue weighted by Crippen LogP contribution is 2.51. The molecule has 8 rings (SSSR count). The number of hydrogen-bond donors (Lipinski definition) is 0. The van der Waals surface area contributed by atoms with Gasteiger partial charge in [-0.2, -0.15) is 0 Å². The van der Waals surface area contributed by atoms with E-state index in [1.165, 1.54) is 18.1 Å². The highest BCUT2D eigenvalue weighted by molar-refractivity contribution is 6.40. The fourth-order valence-corrected chi connectivity index (χ4v) is 8.72. The van der Waals surface area contributed by atoms with E-state index in [9.17, 15) is 14.0 Å². The highest BCUT2D eigenvalue weighted by atomic mass is 35.5. The van der Waals surface area contributed by atoms with Gasteiger partial charge in [-0.1, -0.05) is 41.4 Å². The third-order valence-electron chi connectivity index (χ3n) is 10.4. The molecule has 3 aromatic carbocycles. The van der Waals surface area contributed by atoms with Gasteiger partial charge < -0.3 is 28.9 Å². The van der Waals surface area contributed by atoms with E-state index in [1.807, 2.05) is 6.07 Å². The Morgan fingerprint density at radius 3 is 2.36 bits per heavy atom. The summed E-state index contributed by atoms with van der Waals surface area (Å²) in [7, 11) is 1.29.